The van der Waals surface area contributed by atoms with E-state index in [2.05, 4.69) is 20.4 Å². The maximum absolute atomic E-state index is 12.1. The summed E-state index contributed by atoms with van der Waals surface area (Å²) in [7, 11) is 2.68. The number of amides is 1. The number of alkyl carbamates (subject to hydrolysis) is 1. The van der Waals surface area contributed by atoms with Crippen LogP contribution in [-0.4, -0.2) is 31.4 Å². The van der Waals surface area contributed by atoms with Crippen LogP contribution in [0.4, 0.5) is 9.59 Å². The highest BCUT2D eigenvalue weighted by atomic mass is 16.7. The summed E-state index contributed by atoms with van der Waals surface area (Å²) >= 11 is 0. The average molecular weight is 439 g/mol. The third-order valence-electron chi connectivity index (χ3n) is 4.78. The number of allylic oxidation sites excluding steroid dienone is 2. The lowest BCUT2D eigenvalue weighted by Gasteiger charge is -2.31. The number of ether oxygens (including phenoxy) is 4. The van der Waals surface area contributed by atoms with E-state index in [0.29, 0.717) is 29.3 Å². The van der Waals surface area contributed by atoms with Gasteiger partial charge >= 0.3 is 12.2 Å². The number of rotatable bonds is 6. The van der Waals surface area contributed by atoms with Crippen LogP contribution in [0, 0.1) is 0 Å². The summed E-state index contributed by atoms with van der Waals surface area (Å²) in [5.41, 5.74) is 2.76. The Morgan fingerprint density at radius 3 is 2.34 bits per heavy atom. The van der Waals surface area contributed by atoms with Gasteiger partial charge in [0.1, 0.15) is 29.8 Å². The Kier molecular flexibility index (Phi) is 7.33. The first-order valence-electron chi connectivity index (χ1n) is 9.89. The number of carbonyl (C=O) groups excluding carboxylic acids is 2. The lowest BCUT2D eigenvalue weighted by molar-refractivity contribution is 0.0887. The Balaban J connectivity index is 2.05. The van der Waals surface area contributed by atoms with Crippen molar-refractivity contribution >= 4 is 12.2 Å². The molecule has 9 nitrogen and oxygen atoms in total. The summed E-state index contributed by atoms with van der Waals surface area (Å²) in [6.07, 6.45) is 1.83. The number of nitrogens with zero attached hydrogens (tertiary/aromatic N) is 1. The Bertz CT molecular complexity index is 1010. The van der Waals surface area contributed by atoms with Gasteiger partial charge in [-0.2, -0.15) is 0 Å². The first-order valence-corrected chi connectivity index (χ1v) is 9.89. The molecule has 1 aliphatic heterocycles. The van der Waals surface area contributed by atoms with Crippen molar-refractivity contribution in [3.63, 3.8) is 0 Å². The summed E-state index contributed by atoms with van der Waals surface area (Å²) in [5.74, 6) is 0.317. The minimum Gasteiger partial charge on any atom is -0.489 e. The Morgan fingerprint density at radius 1 is 1.03 bits per heavy atom. The van der Waals surface area contributed by atoms with E-state index in [0.717, 1.165) is 5.56 Å². The van der Waals surface area contributed by atoms with E-state index in [1.54, 1.807) is 32.3 Å². The zero-order valence-corrected chi connectivity index (χ0v) is 18.3. The van der Waals surface area contributed by atoms with Gasteiger partial charge in [0.15, 0.2) is 0 Å². The van der Waals surface area contributed by atoms with Gasteiger partial charge in [0.05, 0.1) is 18.5 Å². The number of dihydropyridines is 1. The standard InChI is InChI=1S/C23H25N3O6/c1-14-20(31-22(27)24-3)19(21(15(2)26-14)32-23(28)29-4)17-7-5-6-8-18(17)30-13-16-9-11-25-12-10-16/h5-12,19,26H,13H2,1-4H3,(H,24,27). The normalized spacial score (nSPS) is 15.6. The fourth-order valence-corrected chi connectivity index (χ4v) is 3.28. The van der Waals surface area contributed by atoms with Gasteiger partial charge in [0.2, 0.25) is 0 Å². The van der Waals surface area contributed by atoms with Gasteiger partial charge in [-0.1, -0.05) is 18.2 Å². The van der Waals surface area contributed by atoms with E-state index in [1.807, 2.05) is 30.3 Å². The van der Waals surface area contributed by atoms with Crippen molar-refractivity contribution in [2.24, 2.45) is 0 Å². The van der Waals surface area contributed by atoms with Gasteiger partial charge in [0.25, 0.3) is 0 Å². The van der Waals surface area contributed by atoms with E-state index in [-0.39, 0.29) is 11.5 Å². The molecular weight excluding hydrogens is 414 g/mol. The second-order valence-electron chi connectivity index (χ2n) is 6.91. The van der Waals surface area contributed by atoms with Crippen molar-refractivity contribution < 1.29 is 28.5 Å². The Hall–Kier alpha value is -4.01. The van der Waals surface area contributed by atoms with Crippen molar-refractivity contribution in [1.29, 1.82) is 0 Å². The van der Waals surface area contributed by atoms with Crippen LogP contribution in [0.2, 0.25) is 0 Å². The van der Waals surface area contributed by atoms with Crippen LogP contribution in [0.3, 0.4) is 0 Å². The summed E-state index contributed by atoms with van der Waals surface area (Å²) in [4.78, 5) is 28.1. The number of hydrogen-bond donors (Lipinski definition) is 2. The summed E-state index contributed by atoms with van der Waals surface area (Å²) in [6, 6.07) is 11.0. The highest BCUT2D eigenvalue weighted by Gasteiger charge is 2.36. The van der Waals surface area contributed by atoms with Gasteiger partial charge in [-0.05, 0) is 37.6 Å². The number of pyridine rings is 1. The third kappa shape index (κ3) is 5.18. The molecule has 0 radical (unpaired) electrons. The number of carbonyl (C=O) groups is 2. The molecule has 0 fully saturated rings. The van der Waals surface area contributed by atoms with Gasteiger partial charge in [0, 0.05) is 25.0 Å². The maximum atomic E-state index is 12.1. The number of aromatic nitrogens is 1. The van der Waals surface area contributed by atoms with Crippen LogP contribution in [0.15, 0.2) is 71.7 Å². The van der Waals surface area contributed by atoms with Crippen molar-refractivity contribution in [3.8, 4) is 5.75 Å². The predicted molar refractivity (Wildman–Crippen MR) is 115 cm³/mol. The molecule has 1 atom stereocenters. The van der Waals surface area contributed by atoms with Crippen molar-refractivity contribution in [2.45, 2.75) is 26.4 Å². The highest BCUT2D eigenvalue weighted by Crippen LogP contribution is 2.43. The molecule has 2 heterocycles. The molecule has 1 aromatic carbocycles. The molecule has 3 rings (SSSR count). The topological polar surface area (TPSA) is 108 Å². The molecule has 1 unspecified atom stereocenters. The molecule has 168 valence electrons. The van der Waals surface area contributed by atoms with E-state index in [9.17, 15) is 9.59 Å². The Morgan fingerprint density at radius 2 is 1.69 bits per heavy atom. The molecule has 9 heteroatoms. The quantitative estimate of drug-likeness (QED) is 0.652. The summed E-state index contributed by atoms with van der Waals surface area (Å²) in [5, 5.41) is 5.52. The first-order chi connectivity index (χ1) is 15.4. The summed E-state index contributed by atoms with van der Waals surface area (Å²) in [6.45, 7) is 3.82. The second-order valence-corrected chi connectivity index (χ2v) is 6.91. The molecule has 1 aliphatic rings. The summed E-state index contributed by atoms with van der Waals surface area (Å²) < 4.78 is 21.8. The van der Waals surface area contributed by atoms with Crippen LogP contribution >= 0.6 is 0 Å². The number of benzene rings is 1. The van der Waals surface area contributed by atoms with E-state index < -0.39 is 18.2 Å². The minimum atomic E-state index is -0.889. The average Bonchev–Trinajstić information content (AvgIpc) is 2.81. The SMILES string of the molecule is CNC(=O)OC1=C(C)NC(C)=C(OC(=O)OC)C1c1ccccc1OCc1ccncc1. The van der Waals surface area contributed by atoms with Crippen LogP contribution in [-0.2, 0) is 20.8 Å². The van der Waals surface area contributed by atoms with Crippen molar-refractivity contribution in [3.05, 3.63) is 82.8 Å². The van der Waals surface area contributed by atoms with E-state index in [4.69, 9.17) is 14.2 Å². The zero-order valence-electron chi connectivity index (χ0n) is 18.3. The fraction of sp³-hybridized carbons (Fsp3) is 0.261. The van der Waals surface area contributed by atoms with Crippen molar-refractivity contribution in [1.82, 2.24) is 15.6 Å². The highest BCUT2D eigenvalue weighted by molar-refractivity contribution is 5.69. The third-order valence-corrected chi connectivity index (χ3v) is 4.78. The molecule has 0 spiro atoms. The van der Waals surface area contributed by atoms with E-state index >= 15 is 0 Å². The molecule has 0 saturated heterocycles. The second kappa shape index (κ2) is 10.3. The monoisotopic (exact) mass is 439 g/mol. The number of para-hydroxylation sites is 1. The van der Waals surface area contributed by atoms with Gasteiger partial charge in [-0.25, -0.2) is 9.59 Å². The molecule has 1 amide bonds. The van der Waals surface area contributed by atoms with Crippen LogP contribution in [0.25, 0.3) is 0 Å². The number of hydrogen-bond acceptors (Lipinski definition) is 8. The van der Waals surface area contributed by atoms with Gasteiger partial charge in [-0.3, -0.25) is 4.98 Å². The zero-order chi connectivity index (χ0) is 23.1. The molecule has 2 aromatic rings. The number of methoxy groups -OCH3 is 1. The fourth-order valence-electron chi connectivity index (χ4n) is 3.28. The minimum absolute atomic E-state index is 0.237. The molecular formula is C23H25N3O6. The Labute approximate surface area is 186 Å². The molecule has 1 aromatic heterocycles. The van der Waals surface area contributed by atoms with Gasteiger partial charge < -0.3 is 29.6 Å². The van der Waals surface area contributed by atoms with Crippen molar-refractivity contribution in [2.75, 3.05) is 14.2 Å². The van der Waals surface area contributed by atoms with Gasteiger partial charge in [-0.15, -0.1) is 0 Å². The first kappa shape index (κ1) is 22.7. The lowest BCUT2D eigenvalue weighted by Crippen LogP contribution is -2.31. The molecule has 0 aliphatic carbocycles. The largest absolute Gasteiger partial charge is 0.513 e. The van der Waals surface area contributed by atoms with E-state index in [1.165, 1.54) is 14.2 Å². The smallest absolute Gasteiger partial charge is 0.489 e. The molecule has 2 N–H and O–H groups in total. The molecule has 0 bridgehead atoms. The van der Waals surface area contributed by atoms with Crippen LogP contribution < -0.4 is 15.4 Å². The molecule has 0 saturated carbocycles. The maximum Gasteiger partial charge on any atom is 0.513 e. The molecule has 32 heavy (non-hydrogen) atoms. The van der Waals surface area contributed by atoms with Crippen LogP contribution in [0.1, 0.15) is 30.9 Å². The number of nitrogens with one attached hydrogen (secondary N) is 2. The van der Waals surface area contributed by atoms with Crippen LogP contribution in [0.5, 0.6) is 5.75 Å². The lowest BCUT2D eigenvalue weighted by atomic mass is 9.90. The predicted octanol–water partition coefficient (Wildman–Crippen LogP) is 3.95.